The molecule has 0 unspecified atom stereocenters. The van der Waals surface area contributed by atoms with Crippen LogP contribution in [0.5, 0.6) is 0 Å². The van der Waals surface area contributed by atoms with E-state index >= 15 is 0 Å². The molecule has 0 heterocycles. The first-order valence-electron chi connectivity index (χ1n) is 12.5. The van der Waals surface area contributed by atoms with Crippen LogP contribution in [0.15, 0.2) is 30.3 Å². The van der Waals surface area contributed by atoms with Gasteiger partial charge in [0.1, 0.15) is 16.8 Å². The molecule has 34 heavy (non-hydrogen) atoms. The summed E-state index contributed by atoms with van der Waals surface area (Å²) in [5.41, 5.74) is 0. The summed E-state index contributed by atoms with van der Waals surface area (Å²) in [7, 11) is -10.2. The predicted octanol–water partition coefficient (Wildman–Crippen LogP) is 9.00. The normalized spacial score (nSPS) is 14.3. The Bertz CT molecular complexity index is 656. The van der Waals surface area contributed by atoms with Gasteiger partial charge in [-0.15, -0.1) is 0 Å². The van der Waals surface area contributed by atoms with Crippen molar-refractivity contribution in [2.45, 2.75) is 97.2 Å². The highest BCUT2D eigenvalue weighted by Crippen LogP contribution is 2.48. The molecule has 0 aromatic heterocycles. The fraction of sp³-hybridized carbons (Fsp3) is 0.739. The Morgan fingerprint density at radius 3 is 1.06 bits per heavy atom. The van der Waals surface area contributed by atoms with Gasteiger partial charge in [0.05, 0.1) is 8.07 Å². The molecule has 0 N–H and O–H groups in total. The van der Waals surface area contributed by atoms with Crippen LogP contribution in [0.2, 0.25) is 97.2 Å². The van der Waals surface area contributed by atoms with Crippen molar-refractivity contribution in [3.05, 3.63) is 30.3 Å². The third kappa shape index (κ3) is 15.3. The fourth-order valence-electron chi connectivity index (χ4n) is 3.37. The number of rotatable bonds is 15. The standard InChI is InChI=1S/C23H52O4P2Si5/c1-30(2,3)24-28(25-31(4,5)6)19-21-34(13,23-17-15-14-16-18-23)22-20-29(26-32(7,8)9)27-33(10,11)12/h14-18H,19-22H2,1-13H3. The maximum atomic E-state index is 6.61. The summed E-state index contributed by atoms with van der Waals surface area (Å²) in [5, 5.41) is 1.53. The lowest BCUT2D eigenvalue weighted by Crippen LogP contribution is -2.46. The molecule has 0 radical (unpaired) electrons. The zero-order chi connectivity index (χ0) is 26.4. The van der Waals surface area contributed by atoms with Crippen LogP contribution < -0.4 is 5.19 Å². The van der Waals surface area contributed by atoms with Crippen molar-refractivity contribution in [2.24, 2.45) is 0 Å². The summed E-state index contributed by atoms with van der Waals surface area (Å²) in [4.78, 5) is 0. The quantitative estimate of drug-likeness (QED) is 0.150. The average Bonchev–Trinajstić information content (AvgIpc) is 2.60. The zero-order valence-corrected chi connectivity index (χ0v) is 31.0. The molecule has 198 valence electrons. The van der Waals surface area contributed by atoms with E-state index in [1.165, 1.54) is 17.3 Å². The average molecular weight is 595 g/mol. The van der Waals surface area contributed by atoms with Gasteiger partial charge in [0, 0.05) is 12.3 Å². The van der Waals surface area contributed by atoms with Gasteiger partial charge in [-0.1, -0.05) is 42.1 Å². The first kappa shape index (κ1) is 33.0. The van der Waals surface area contributed by atoms with E-state index in [1.54, 1.807) is 0 Å². The lowest BCUT2D eigenvalue weighted by Gasteiger charge is -2.36. The van der Waals surface area contributed by atoms with Crippen LogP contribution in [-0.4, -0.2) is 53.7 Å². The number of hydrogen-bond donors (Lipinski definition) is 0. The molecule has 4 nitrogen and oxygen atoms in total. The SMILES string of the molecule is C[Si](C)(C)OP(CC[Si](C)(CCP(O[Si](C)(C)C)O[Si](C)(C)C)c1ccccc1)O[Si](C)(C)C. The maximum absolute atomic E-state index is 6.61. The first-order valence-corrected chi connectivity index (χ1v) is 31.8. The van der Waals surface area contributed by atoms with Gasteiger partial charge in [-0.05, 0) is 90.7 Å². The molecule has 0 saturated heterocycles. The molecule has 0 saturated carbocycles. The van der Waals surface area contributed by atoms with E-state index in [0.717, 1.165) is 12.3 Å². The van der Waals surface area contributed by atoms with Gasteiger partial charge in [-0.25, -0.2) is 0 Å². The first-order chi connectivity index (χ1) is 15.2. The van der Waals surface area contributed by atoms with Gasteiger partial charge in [0.25, 0.3) is 0 Å². The van der Waals surface area contributed by atoms with Gasteiger partial charge in [-0.3, -0.25) is 0 Å². The Morgan fingerprint density at radius 2 is 0.794 bits per heavy atom. The summed E-state index contributed by atoms with van der Waals surface area (Å²) >= 11 is 0. The highest BCUT2D eigenvalue weighted by atomic mass is 31.2. The van der Waals surface area contributed by atoms with Gasteiger partial charge in [0.2, 0.25) is 0 Å². The van der Waals surface area contributed by atoms with Crippen molar-refractivity contribution in [2.75, 3.05) is 12.3 Å². The second kappa shape index (κ2) is 13.2. The molecule has 0 spiro atoms. The smallest absolute Gasteiger partial charge is 0.191 e. The van der Waals surface area contributed by atoms with Crippen LogP contribution >= 0.6 is 16.8 Å². The maximum Gasteiger partial charge on any atom is 0.191 e. The third-order valence-corrected chi connectivity index (χ3v) is 23.1. The van der Waals surface area contributed by atoms with Crippen molar-refractivity contribution < 1.29 is 16.9 Å². The molecule has 0 aliphatic heterocycles. The Labute approximate surface area is 219 Å². The van der Waals surface area contributed by atoms with Crippen molar-refractivity contribution in [3.63, 3.8) is 0 Å². The molecule has 0 atom stereocenters. The van der Waals surface area contributed by atoms with E-state index in [2.05, 4.69) is 115 Å². The summed E-state index contributed by atoms with van der Waals surface area (Å²) < 4.78 is 26.4. The van der Waals surface area contributed by atoms with Crippen molar-refractivity contribution in [3.8, 4) is 0 Å². The van der Waals surface area contributed by atoms with Crippen LogP contribution in [-0.2, 0) is 16.9 Å². The summed E-state index contributed by atoms with van der Waals surface area (Å²) in [6.07, 6.45) is 2.06. The molecular weight excluding hydrogens is 543 g/mol. The van der Waals surface area contributed by atoms with Gasteiger partial charge in [0.15, 0.2) is 33.3 Å². The highest BCUT2D eigenvalue weighted by molar-refractivity contribution is 7.51. The van der Waals surface area contributed by atoms with Crippen LogP contribution in [0.1, 0.15) is 0 Å². The van der Waals surface area contributed by atoms with E-state index < -0.39 is 58.1 Å². The Kier molecular flexibility index (Phi) is 12.8. The molecule has 0 amide bonds. The topological polar surface area (TPSA) is 36.9 Å². The number of hydrogen-bond acceptors (Lipinski definition) is 4. The Hall–Kier alpha value is 1.00. The molecule has 1 aromatic carbocycles. The van der Waals surface area contributed by atoms with E-state index in [9.17, 15) is 0 Å². The Morgan fingerprint density at radius 1 is 0.500 bits per heavy atom. The molecule has 0 fully saturated rings. The summed E-state index contributed by atoms with van der Waals surface area (Å²) in [6.45, 7) is 29.9. The van der Waals surface area contributed by atoms with Crippen LogP contribution in [0.3, 0.4) is 0 Å². The third-order valence-electron chi connectivity index (χ3n) is 4.67. The lowest BCUT2D eigenvalue weighted by atomic mass is 10.4. The minimum absolute atomic E-state index is 0.847. The monoisotopic (exact) mass is 594 g/mol. The molecule has 11 heteroatoms. The molecule has 1 rings (SSSR count). The molecule has 0 bridgehead atoms. The lowest BCUT2D eigenvalue weighted by molar-refractivity contribution is 0.489. The molecule has 1 aromatic rings. The summed E-state index contributed by atoms with van der Waals surface area (Å²) in [6, 6.07) is 13.6. The molecule has 0 aliphatic carbocycles. The molecule has 0 aliphatic rings. The second-order valence-electron chi connectivity index (χ2n) is 13.4. The minimum Gasteiger partial charge on any atom is -0.376 e. The van der Waals surface area contributed by atoms with Crippen LogP contribution in [0.4, 0.5) is 0 Å². The largest absolute Gasteiger partial charge is 0.376 e. The van der Waals surface area contributed by atoms with Crippen molar-refractivity contribution in [1.82, 2.24) is 0 Å². The summed E-state index contributed by atoms with van der Waals surface area (Å²) in [5.74, 6) is 0. The zero-order valence-electron chi connectivity index (χ0n) is 24.2. The predicted molar refractivity (Wildman–Crippen MR) is 169 cm³/mol. The van der Waals surface area contributed by atoms with E-state index in [-0.39, 0.29) is 0 Å². The Balaban J connectivity index is 3.12. The van der Waals surface area contributed by atoms with Crippen LogP contribution in [0, 0.1) is 0 Å². The second-order valence-corrected chi connectivity index (χ2v) is 40.1. The van der Waals surface area contributed by atoms with Crippen molar-refractivity contribution >= 4 is 63.3 Å². The molecular formula is C23H52O4P2Si5. The van der Waals surface area contributed by atoms with E-state index in [0.29, 0.717) is 0 Å². The van der Waals surface area contributed by atoms with Gasteiger partial charge in [-0.2, -0.15) is 0 Å². The van der Waals surface area contributed by atoms with E-state index in [1.807, 2.05) is 0 Å². The van der Waals surface area contributed by atoms with Crippen LogP contribution in [0.25, 0.3) is 0 Å². The van der Waals surface area contributed by atoms with E-state index in [4.69, 9.17) is 16.9 Å². The fourth-order valence-corrected chi connectivity index (χ4v) is 22.8. The number of benzene rings is 1. The minimum atomic E-state index is -1.78. The van der Waals surface area contributed by atoms with Gasteiger partial charge < -0.3 is 16.9 Å². The highest BCUT2D eigenvalue weighted by Gasteiger charge is 2.36. The van der Waals surface area contributed by atoms with Gasteiger partial charge >= 0.3 is 0 Å². The van der Waals surface area contributed by atoms with Crippen molar-refractivity contribution in [1.29, 1.82) is 0 Å².